The predicted molar refractivity (Wildman–Crippen MR) is 434 cm³/mol. The summed E-state index contributed by atoms with van der Waals surface area (Å²) in [6, 6.07) is -1.53. The number of imidazole rings is 2. The van der Waals surface area contributed by atoms with E-state index in [2.05, 4.69) is 164 Å². The topological polar surface area (TPSA) is 297 Å². The van der Waals surface area contributed by atoms with Crippen LogP contribution in [0.15, 0.2) is 25.0 Å². The molecule has 0 radical (unpaired) electrons. The highest BCUT2D eigenvalue weighted by Gasteiger charge is 2.43. The number of unbranched alkanes of at least 4 members (excludes halogenated alkanes) is 18. The molecule has 2 aliphatic rings. The Morgan fingerprint density at radius 1 is 0.514 bits per heavy atom. The van der Waals surface area contributed by atoms with Crippen LogP contribution in [0.5, 0.6) is 23.0 Å². The third-order valence-electron chi connectivity index (χ3n) is 22.8. The van der Waals surface area contributed by atoms with Crippen molar-refractivity contribution < 1.29 is 61.7 Å². The number of aromatic nitrogens is 4. The Bertz CT molecular complexity index is 3400. The second-order valence-corrected chi connectivity index (χ2v) is 43.3. The van der Waals surface area contributed by atoms with Crippen LogP contribution in [0.25, 0.3) is 0 Å². The minimum atomic E-state index is -1.94. The first kappa shape index (κ1) is 92.7. The maximum absolute atomic E-state index is 12.3. The summed E-state index contributed by atoms with van der Waals surface area (Å²) in [6.07, 6.45) is 38.0. The Kier molecular flexibility index (Phi) is 38.8. The van der Waals surface area contributed by atoms with Crippen LogP contribution in [0, 0.1) is 41.5 Å². The molecule has 8 N–H and O–H groups in total. The maximum atomic E-state index is 12.3. The quantitative estimate of drug-likeness (QED) is 0.0123. The molecule has 2 aromatic carbocycles. The van der Waals surface area contributed by atoms with Gasteiger partial charge >= 0.3 is 17.9 Å². The standard InChI is InChI=1S/C42H70N4O6Si.C32H56O4Si.C10H16N4O3/c1-30-31(2)39-34(32(3)38(30)52-53(9,10)41(4,5)6)22-25-42(7,51-39)24-20-18-16-14-12-11-13-15-17-19-21-36(47)44-26-23-37(48)46-35(40(49)50-8)27-33-28-43-29-45-33;1-24-25(2)30-27(26(3)29(24)36-37(8,9)31(4,5)6)21-23-32(7,35-30)22-19-17-15-13-11-10-12-14-16-18-20-28(33)34;1-17-10(16)8(14-9(15)2-3-11)4-7-5-12-6-13-7/h28-29,35H,11-27H2,1-10H3,(H,43,45)(H,44,47)(H,46,48);10-23H2,1-9H3,(H,33,34);5-6,8H,2-4,11H2,1H3,(H,12,13)(H,14,15)/t35?,42-;32-;/m11./s1. The molecule has 0 aliphatic carbocycles. The molecular formula is C84H142N8O13Si2. The van der Waals surface area contributed by atoms with E-state index in [4.69, 9.17) is 33.9 Å². The number of aliphatic carboxylic acids is 1. The number of amides is 3. The molecule has 2 aliphatic heterocycles. The summed E-state index contributed by atoms with van der Waals surface area (Å²) in [5.74, 6) is 2.09. The molecule has 6 rings (SSSR count). The van der Waals surface area contributed by atoms with Gasteiger partial charge < -0.3 is 64.6 Å². The molecule has 0 spiro atoms. The predicted octanol–water partition coefficient (Wildman–Crippen LogP) is 17.7. The van der Waals surface area contributed by atoms with E-state index >= 15 is 0 Å². The van der Waals surface area contributed by atoms with Crippen molar-refractivity contribution in [2.45, 2.75) is 362 Å². The van der Waals surface area contributed by atoms with Gasteiger partial charge in [-0.1, -0.05) is 144 Å². The molecule has 4 heterocycles. The van der Waals surface area contributed by atoms with Gasteiger partial charge in [-0.05, 0) is 189 Å². The fourth-order valence-electron chi connectivity index (χ4n) is 13.4. The number of aromatic amines is 2. The highest BCUT2D eigenvalue weighted by molar-refractivity contribution is 6.75. The first-order valence-electron chi connectivity index (χ1n) is 40.2. The van der Waals surface area contributed by atoms with E-state index in [1.807, 2.05) is 0 Å². The maximum Gasteiger partial charge on any atom is 0.328 e. The Balaban J connectivity index is 0.000000385. The van der Waals surface area contributed by atoms with Gasteiger partial charge in [0.1, 0.15) is 46.3 Å². The summed E-state index contributed by atoms with van der Waals surface area (Å²) in [6.45, 7) is 41.5. The smallest absolute Gasteiger partial charge is 0.328 e. The average molecular weight is 1530 g/mol. The zero-order valence-corrected chi connectivity index (χ0v) is 71.8. The number of rotatable bonds is 43. The minimum Gasteiger partial charge on any atom is -0.543 e. The van der Waals surface area contributed by atoms with Crippen molar-refractivity contribution in [2.75, 3.05) is 27.3 Å². The van der Waals surface area contributed by atoms with Gasteiger partial charge in [0.15, 0.2) is 0 Å². The average Bonchev–Trinajstić information content (AvgIpc) is 0.861. The number of hydrogen-bond donors (Lipinski definition) is 7. The zero-order valence-electron chi connectivity index (χ0n) is 69.8. The van der Waals surface area contributed by atoms with Gasteiger partial charge in [0.2, 0.25) is 17.7 Å². The lowest BCUT2D eigenvalue weighted by molar-refractivity contribution is -0.145. The number of methoxy groups -OCH3 is 2. The van der Waals surface area contributed by atoms with Crippen molar-refractivity contribution in [3.8, 4) is 23.0 Å². The monoisotopic (exact) mass is 1530 g/mol. The molecule has 4 aromatic rings. The second kappa shape index (κ2) is 44.8. The molecule has 2 unspecified atom stereocenters. The van der Waals surface area contributed by atoms with Gasteiger partial charge in [0.25, 0.3) is 16.6 Å². The molecule has 604 valence electrons. The van der Waals surface area contributed by atoms with Crippen LogP contribution in [0.4, 0.5) is 0 Å². The molecule has 0 saturated carbocycles. The van der Waals surface area contributed by atoms with Gasteiger partial charge in [0.05, 0.1) is 26.9 Å². The number of carboxylic acid groups (broad SMARTS) is 1. The number of nitrogens with two attached hydrogens (primary N) is 1. The molecule has 3 amide bonds. The van der Waals surface area contributed by atoms with Crippen molar-refractivity contribution in [3.63, 3.8) is 0 Å². The molecule has 23 heteroatoms. The highest BCUT2D eigenvalue weighted by atomic mass is 28.4. The molecule has 4 atom stereocenters. The van der Waals surface area contributed by atoms with Crippen LogP contribution in [0.3, 0.4) is 0 Å². The number of H-pyrrole nitrogens is 2. The highest BCUT2D eigenvalue weighted by Crippen LogP contribution is 2.49. The van der Waals surface area contributed by atoms with Crippen LogP contribution < -0.4 is 40.0 Å². The first-order valence-corrected chi connectivity index (χ1v) is 46.0. The number of hydrogen-bond acceptors (Lipinski definition) is 15. The summed E-state index contributed by atoms with van der Waals surface area (Å²) in [7, 11) is -1.30. The number of nitrogens with one attached hydrogen (secondary N) is 5. The number of carboxylic acids is 1. The number of ether oxygens (including phenoxy) is 4. The Morgan fingerprint density at radius 2 is 0.860 bits per heavy atom. The number of carbonyl (C=O) groups is 6. The third kappa shape index (κ3) is 30.9. The van der Waals surface area contributed by atoms with Crippen LogP contribution in [-0.4, -0.2) is 128 Å². The minimum absolute atomic E-state index is 0.0438. The van der Waals surface area contributed by atoms with Gasteiger partial charge in [-0.3, -0.25) is 19.2 Å². The van der Waals surface area contributed by atoms with Crippen molar-refractivity contribution in [1.29, 1.82) is 0 Å². The van der Waals surface area contributed by atoms with E-state index in [-0.39, 0.29) is 71.4 Å². The number of carbonyl (C=O) groups excluding carboxylic acids is 5. The summed E-state index contributed by atoms with van der Waals surface area (Å²) in [5.41, 5.74) is 16.7. The molecule has 21 nitrogen and oxygen atoms in total. The van der Waals surface area contributed by atoms with Gasteiger partial charge in [-0.15, -0.1) is 0 Å². The lowest BCUT2D eigenvalue weighted by Gasteiger charge is -2.41. The Morgan fingerprint density at radius 3 is 1.19 bits per heavy atom. The summed E-state index contributed by atoms with van der Waals surface area (Å²) < 4.78 is 36.8. The largest absolute Gasteiger partial charge is 0.543 e. The molecular weight excluding hydrogens is 1390 g/mol. The van der Waals surface area contributed by atoms with Crippen molar-refractivity contribution in [2.24, 2.45) is 5.73 Å². The van der Waals surface area contributed by atoms with Gasteiger partial charge in [0, 0.05) is 86.5 Å². The molecule has 107 heavy (non-hydrogen) atoms. The lowest BCUT2D eigenvalue weighted by Crippen LogP contribution is -2.44. The SMILES string of the molecule is COC(=O)C(Cc1cnc[nH]1)NC(=O)CCN.COC(=O)C(Cc1cnc[nH]1)NC(=O)CCNC(=O)CCCCCCCCCCCC[C@]1(C)CCc2c(C)c(O[Si](C)(C)C(C)(C)C)c(C)c(C)c2O1.Cc1c(C)c2c(c(C)c1O[Si](C)(C)C(C)(C)C)CC[C@@](C)(CCCCCCCCCCCCC(=O)O)O2. The van der Waals surface area contributed by atoms with E-state index in [0.29, 0.717) is 19.3 Å². The first-order chi connectivity index (χ1) is 50.3. The van der Waals surface area contributed by atoms with Crippen LogP contribution in [0.1, 0.15) is 291 Å². The van der Waals surface area contributed by atoms with Crippen LogP contribution >= 0.6 is 0 Å². The molecule has 0 fully saturated rings. The summed E-state index contributed by atoms with van der Waals surface area (Å²) in [5, 5.41) is 17.1. The molecule has 0 saturated heterocycles. The summed E-state index contributed by atoms with van der Waals surface area (Å²) in [4.78, 5) is 83.6. The van der Waals surface area contributed by atoms with E-state index in [9.17, 15) is 28.8 Å². The normalized spacial score (nSPS) is 16.2. The Hall–Kier alpha value is -6.73. The van der Waals surface area contributed by atoms with E-state index in [1.54, 1.807) is 12.4 Å². The fourth-order valence-corrected chi connectivity index (χ4v) is 15.6. The van der Waals surface area contributed by atoms with E-state index in [1.165, 1.54) is 168 Å². The number of esters is 2. The lowest BCUT2D eigenvalue weighted by atomic mass is 9.84. The van der Waals surface area contributed by atoms with Crippen LogP contribution in [-0.2, 0) is 63.9 Å². The molecule has 2 aromatic heterocycles. The third-order valence-corrected chi connectivity index (χ3v) is 31.5. The van der Waals surface area contributed by atoms with Crippen molar-refractivity contribution in [1.82, 2.24) is 35.9 Å². The van der Waals surface area contributed by atoms with Gasteiger partial charge in [-0.25, -0.2) is 19.6 Å². The van der Waals surface area contributed by atoms with Crippen LogP contribution in [0.2, 0.25) is 36.3 Å². The van der Waals surface area contributed by atoms with Crippen molar-refractivity contribution >= 4 is 52.3 Å². The zero-order chi connectivity index (χ0) is 79.8. The Labute approximate surface area is 645 Å². The number of benzene rings is 2. The molecule has 0 bridgehead atoms. The van der Waals surface area contributed by atoms with Crippen molar-refractivity contribution in [3.05, 3.63) is 80.9 Å². The van der Waals surface area contributed by atoms with E-state index < -0.39 is 46.6 Å². The van der Waals surface area contributed by atoms with E-state index in [0.717, 1.165) is 105 Å². The summed E-state index contributed by atoms with van der Waals surface area (Å²) >= 11 is 0. The number of fused-ring (bicyclic) bond motifs is 2. The fraction of sp³-hybridized carbons (Fsp3) is 0.714. The number of nitrogens with zero attached hydrogens (tertiary/aromatic N) is 2. The second-order valence-electron chi connectivity index (χ2n) is 33.8. The van der Waals surface area contributed by atoms with Gasteiger partial charge in [-0.2, -0.15) is 0 Å².